The summed E-state index contributed by atoms with van der Waals surface area (Å²) in [5.74, 6) is -0.387. The Morgan fingerprint density at radius 2 is 2.33 bits per heavy atom. The molecule has 0 aliphatic carbocycles. The van der Waals surface area contributed by atoms with Crippen LogP contribution in [0.15, 0.2) is 27.1 Å². The smallest absolute Gasteiger partial charge is 0.311 e. The molecule has 0 unspecified atom stereocenters. The van der Waals surface area contributed by atoms with Crippen LogP contribution in [0.2, 0.25) is 0 Å². The fourth-order valence-corrected chi connectivity index (χ4v) is 2.99. The third kappa shape index (κ3) is 4.75. The van der Waals surface area contributed by atoms with Crippen LogP contribution in [-0.2, 0) is 16.0 Å². The van der Waals surface area contributed by atoms with Gasteiger partial charge >= 0.3 is 5.97 Å². The molecule has 0 amide bonds. The van der Waals surface area contributed by atoms with E-state index in [1.54, 1.807) is 18.4 Å². The molecule has 0 aliphatic heterocycles. The second-order valence-corrected chi connectivity index (χ2v) is 6.13. The zero-order valence-corrected chi connectivity index (χ0v) is 15.4. The Morgan fingerprint density at radius 3 is 3.04 bits per heavy atom. The number of hydrogen-bond acceptors (Lipinski definition) is 7. The Hall–Kier alpha value is -2.00. The molecule has 1 aromatic heterocycles. The molecule has 0 saturated carbocycles. The van der Waals surface area contributed by atoms with E-state index in [0.29, 0.717) is 28.7 Å². The van der Waals surface area contributed by atoms with Gasteiger partial charge in [0.2, 0.25) is 5.13 Å². The average Bonchev–Trinajstić information content (AvgIpc) is 2.98. The van der Waals surface area contributed by atoms with E-state index in [9.17, 15) is 9.18 Å². The SMILES string of the molecule is CCOC(=O)Cc1csc(NN=Cc2ccc(F)c(Br)c2OC)n1. The minimum absolute atomic E-state index is 0.120. The molecule has 0 atom stereocenters. The van der Waals surface area contributed by atoms with E-state index in [-0.39, 0.29) is 16.9 Å². The second kappa shape index (κ2) is 8.74. The predicted molar refractivity (Wildman–Crippen MR) is 94.3 cm³/mol. The number of nitrogens with one attached hydrogen (secondary N) is 1. The Labute approximate surface area is 150 Å². The Balaban J connectivity index is 2.01. The number of esters is 1. The van der Waals surface area contributed by atoms with Crippen LogP contribution < -0.4 is 10.2 Å². The van der Waals surface area contributed by atoms with Crippen LogP contribution in [0.3, 0.4) is 0 Å². The minimum Gasteiger partial charge on any atom is -0.495 e. The van der Waals surface area contributed by atoms with Gasteiger partial charge in [0.1, 0.15) is 11.6 Å². The third-order valence-corrected chi connectivity index (χ3v) is 4.37. The van der Waals surface area contributed by atoms with E-state index in [0.717, 1.165) is 0 Å². The first-order valence-corrected chi connectivity index (χ1v) is 8.63. The summed E-state index contributed by atoms with van der Waals surface area (Å²) in [4.78, 5) is 15.6. The fraction of sp³-hybridized carbons (Fsp3) is 0.267. The topological polar surface area (TPSA) is 72.8 Å². The van der Waals surface area contributed by atoms with Gasteiger partial charge in [-0.05, 0) is 35.0 Å². The molecule has 1 N–H and O–H groups in total. The van der Waals surface area contributed by atoms with Gasteiger partial charge in [0, 0.05) is 10.9 Å². The number of benzene rings is 1. The lowest BCUT2D eigenvalue weighted by Gasteiger charge is -2.07. The van der Waals surface area contributed by atoms with Crippen molar-refractivity contribution in [1.29, 1.82) is 0 Å². The number of thiazole rings is 1. The number of methoxy groups -OCH3 is 1. The average molecular weight is 416 g/mol. The molecule has 6 nitrogen and oxygen atoms in total. The van der Waals surface area contributed by atoms with Crippen molar-refractivity contribution in [2.24, 2.45) is 5.10 Å². The molecule has 0 saturated heterocycles. The van der Waals surface area contributed by atoms with Crippen LogP contribution >= 0.6 is 27.3 Å². The third-order valence-electron chi connectivity index (χ3n) is 2.83. The first-order valence-electron chi connectivity index (χ1n) is 6.96. The normalized spacial score (nSPS) is 10.8. The van der Waals surface area contributed by atoms with Crippen molar-refractivity contribution in [3.63, 3.8) is 0 Å². The van der Waals surface area contributed by atoms with Gasteiger partial charge in [-0.15, -0.1) is 11.3 Å². The number of carbonyl (C=O) groups excluding carboxylic acids is 1. The van der Waals surface area contributed by atoms with Crippen LogP contribution in [0, 0.1) is 5.82 Å². The molecule has 0 aliphatic rings. The summed E-state index contributed by atoms with van der Waals surface area (Å²) in [5, 5.41) is 6.34. The van der Waals surface area contributed by atoms with E-state index in [1.165, 1.54) is 30.7 Å². The maximum Gasteiger partial charge on any atom is 0.311 e. The van der Waals surface area contributed by atoms with Crippen molar-refractivity contribution in [3.05, 3.63) is 39.1 Å². The van der Waals surface area contributed by atoms with Gasteiger partial charge in [-0.2, -0.15) is 5.10 Å². The van der Waals surface area contributed by atoms with Gasteiger partial charge in [0.15, 0.2) is 0 Å². The van der Waals surface area contributed by atoms with Crippen molar-refractivity contribution in [2.75, 3.05) is 19.1 Å². The Bertz CT molecular complexity index is 752. The lowest BCUT2D eigenvalue weighted by Crippen LogP contribution is -2.07. The van der Waals surface area contributed by atoms with Crippen LogP contribution in [0.1, 0.15) is 18.2 Å². The highest BCUT2D eigenvalue weighted by Crippen LogP contribution is 2.30. The number of hydrogen-bond donors (Lipinski definition) is 1. The molecular formula is C15H15BrFN3O3S. The molecule has 0 spiro atoms. The molecule has 1 heterocycles. The number of hydrazone groups is 1. The van der Waals surface area contributed by atoms with Gasteiger partial charge < -0.3 is 9.47 Å². The second-order valence-electron chi connectivity index (χ2n) is 4.48. The summed E-state index contributed by atoms with van der Waals surface area (Å²) >= 11 is 4.45. The van der Waals surface area contributed by atoms with Crippen molar-refractivity contribution in [3.8, 4) is 5.75 Å². The van der Waals surface area contributed by atoms with Gasteiger partial charge in [-0.3, -0.25) is 10.2 Å². The van der Waals surface area contributed by atoms with Crippen LogP contribution in [-0.4, -0.2) is 30.9 Å². The van der Waals surface area contributed by atoms with E-state index in [4.69, 9.17) is 9.47 Å². The summed E-state index contributed by atoms with van der Waals surface area (Å²) in [6, 6.07) is 2.87. The van der Waals surface area contributed by atoms with Crippen LogP contribution in [0.5, 0.6) is 5.75 Å². The van der Waals surface area contributed by atoms with E-state index < -0.39 is 5.82 Å². The molecule has 0 bridgehead atoms. The van der Waals surface area contributed by atoms with Gasteiger partial charge in [-0.25, -0.2) is 9.37 Å². The first kappa shape index (κ1) is 18.3. The molecule has 2 rings (SSSR count). The maximum atomic E-state index is 13.5. The molecule has 1 aromatic carbocycles. The fourth-order valence-electron chi connectivity index (χ4n) is 1.81. The van der Waals surface area contributed by atoms with Crippen molar-refractivity contribution < 1.29 is 18.7 Å². The quantitative estimate of drug-likeness (QED) is 0.424. The van der Waals surface area contributed by atoms with Crippen LogP contribution in [0.4, 0.5) is 9.52 Å². The molecule has 24 heavy (non-hydrogen) atoms. The molecular weight excluding hydrogens is 401 g/mol. The zero-order valence-electron chi connectivity index (χ0n) is 13.0. The summed E-state index contributed by atoms with van der Waals surface area (Å²) in [6.07, 6.45) is 1.61. The monoisotopic (exact) mass is 415 g/mol. The van der Waals surface area contributed by atoms with Gasteiger partial charge in [-0.1, -0.05) is 0 Å². The number of halogens is 2. The maximum absolute atomic E-state index is 13.5. The Morgan fingerprint density at radius 1 is 1.54 bits per heavy atom. The largest absolute Gasteiger partial charge is 0.495 e. The highest BCUT2D eigenvalue weighted by molar-refractivity contribution is 9.10. The molecule has 128 valence electrons. The highest BCUT2D eigenvalue weighted by Gasteiger charge is 2.11. The summed E-state index contributed by atoms with van der Waals surface area (Å²) in [5.41, 5.74) is 3.97. The van der Waals surface area contributed by atoms with E-state index >= 15 is 0 Å². The Kier molecular flexibility index (Phi) is 6.68. The highest BCUT2D eigenvalue weighted by atomic mass is 79.9. The van der Waals surface area contributed by atoms with Crippen LogP contribution in [0.25, 0.3) is 0 Å². The summed E-state index contributed by atoms with van der Waals surface area (Å²) in [6.45, 7) is 2.09. The van der Waals surface area contributed by atoms with E-state index in [1.807, 2.05) is 0 Å². The van der Waals surface area contributed by atoms with Gasteiger partial charge in [0.25, 0.3) is 0 Å². The minimum atomic E-state index is -0.416. The first-order chi connectivity index (χ1) is 11.5. The summed E-state index contributed by atoms with van der Waals surface area (Å²) in [7, 11) is 1.45. The van der Waals surface area contributed by atoms with Crippen molar-refractivity contribution in [1.82, 2.24) is 4.98 Å². The summed E-state index contributed by atoms with van der Waals surface area (Å²) < 4.78 is 23.7. The molecule has 0 fully saturated rings. The molecule has 2 aromatic rings. The van der Waals surface area contributed by atoms with Gasteiger partial charge in [0.05, 0.1) is 36.5 Å². The van der Waals surface area contributed by atoms with Crippen molar-refractivity contribution >= 4 is 44.6 Å². The van der Waals surface area contributed by atoms with Crippen molar-refractivity contribution in [2.45, 2.75) is 13.3 Å². The molecule has 0 radical (unpaired) electrons. The number of anilines is 1. The number of carbonyl (C=O) groups is 1. The standard InChI is InChI=1S/C15H15BrFN3O3S/c1-3-23-12(21)6-10-8-24-15(19-10)20-18-7-9-4-5-11(17)13(16)14(9)22-2/h4-5,7-8H,3,6H2,1-2H3,(H,19,20). The lowest BCUT2D eigenvalue weighted by atomic mass is 10.2. The van der Waals surface area contributed by atoms with E-state index in [2.05, 4.69) is 31.4 Å². The predicted octanol–water partition coefficient (Wildman–Crippen LogP) is 3.60. The zero-order chi connectivity index (χ0) is 17.5. The number of rotatable bonds is 7. The number of aromatic nitrogens is 1. The number of nitrogens with zero attached hydrogens (tertiary/aromatic N) is 2. The lowest BCUT2D eigenvalue weighted by molar-refractivity contribution is -0.142. The molecule has 9 heteroatoms. The number of ether oxygens (including phenoxy) is 2.